The first-order chi connectivity index (χ1) is 12.7. The molecule has 1 unspecified atom stereocenters. The third kappa shape index (κ3) is 5.85. The van der Waals surface area contributed by atoms with Crippen LogP contribution in [-0.4, -0.2) is 62.5 Å². The average Bonchev–Trinajstić information content (AvgIpc) is 3.12. The Morgan fingerprint density at radius 1 is 1.15 bits per heavy atom. The Hall–Kier alpha value is -0.810. The Kier molecular flexibility index (Phi) is 7.62. The van der Waals surface area contributed by atoms with Crippen LogP contribution in [0.5, 0.6) is 0 Å². The lowest BCUT2D eigenvalue weighted by Crippen LogP contribution is -2.47. The van der Waals surface area contributed by atoms with Gasteiger partial charge in [0, 0.05) is 32.8 Å². The molecule has 0 radical (unpaired) electrons. The van der Waals surface area contributed by atoms with E-state index in [9.17, 15) is 0 Å². The minimum atomic E-state index is 0.327. The van der Waals surface area contributed by atoms with E-state index in [2.05, 4.69) is 24.1 Å². The van der Waals surface area contributed by atoms with Crippen LogP contribution in [0.15, 0.2) is 4.99 Å². The van der Waals surface area contributed by atoms with Gasteiger partial charge in [-0.3, -0.25) is 4.99 Å². The monoisotopic (exact) mass is 365 g/mol. The lowest BCUT2D eigenvalue weighted by molar-refractivity contribution is -0.0721. The Morgan fingerprint density at radius 2 is 1.92 bits per heavy atom. The number of ether oxygens (including phenoxy) is 2. The van der Waals surface area contributed by atoms with Crippen molar-refractivity contribution in [1.82, 2.24) is 10.2 Å². The van der Waals surface area contributed by atoms with E-state index in [-0.39, 0.29) is 0 Å². The van der Waals surface area contributed by atoms with Crippen LogP contribution in [-0.2, 0) is 9.47 Å². The quantitative estimate of drug-likeness (QED) is 0.577. The second kappa shape index (κ2) is 9.93. The molecular weight excluding hydrogens is 326 g/mol. The fraction of sp³-hybridized carbons (Fsp3) is 0.952. The molecule has 5 nitrogen and oxygen atoms in total. The van der Waals surface area contributed by atoms with Gasteiger partial charge in [0.1, 0.15) is 0 Å². The summed E-state index contributed by atoms with van der Waals surface area (Å²) in [6.07, 6.45) is 11.9. The molecule has 0 aromatic carbocycles. The topological polar surface area (TPSA) is 46.1 Å². The largest absolute Gasteiger partial charge is 0.376 e. The zero-order valence-electron chi connectivity index (χ0n) is 17.0. The molecule has 2 aliphatic heterocycles. The molecule has 1 atom stereocenters. The molecule has 3 rings (SSSR count). The van der Waals surface area contributed by atoms with Crippen molar-refractivity contribution in [2.24, 2.45) is 10.4 Å². The predicted octanol–water partition coefficient (Wildman–Crippen LogP) is 3.58. The van der Waals surface area contributed by atoms with E-state index < -0.39 is 0 Å². The summed E-state index contributed by atoms with van der Waals surface area (Å²) in [4.78, 5) is 7.44. The van der Waals surface area contributed by atoms with Gasteiger partial charge in [-0.15, -0.1) is 0 Å². The van der Waals surface area contributed by atoms with Crippen LogP contribution in [0.2, 0.25) is 0 Å². The maximum absolute atomic E-state index is 6.16. The minimum Gasteiger partial charge on any atom is -0.376 e. The van der Waals surface area contributed by atoms with Gasteiger partial charge in [0.15, 0.2) is 5.96 Å². The second-order valence-electron chi connectivity index (χ2n) is 8.70. The zero-order valence-corrected chi connectivity index (χ0v) is 17.0. The SMILES string of the molecule is CCNC(=NCC1(C)CCCC1)N1CCC(OCC2CCCCO2)CC1. The van der Waals surface area contributed by atoms with Crippen molar-refractivity contribution in [3.05, 3.63) is 0 Å². The van der Waals surface area contributed by atoms with Crippen LogP contribution < -0.4 is 5.32 Å². The van der Waals surface area contributed by atoms with Gasteiger partial charge >= 0.3 is 0 Å². The van der Waals surface area contributed by atoms with Crippen LogP contribution in [0.3, 0.4) is 0 Å². The summed E-state index contributed by atoms with van der Waals surface area (Å²) in [6.45, 7) is 10.2. The van der Waals surface area contributed by atoms with E-state index in [1.165, 1.54) is 38.5 Å². The molecule has 1 aliphatic carbocycles. The van der Waals surface area contributed by atoms with E-state index in [0.29, 0.717) is 17.6 Å². The molecule has 5 heteroatoms. The van der Waals surface area contributed by atoms with E-state index in [1.54, 1.807) is 0 Å². The molecule has 1 N–H and O–H groups in total. The fourth-order valence-corrected chi connectivity index (χ4v) is 4.49. The van der Waals surface area contributed by atoms with Gasteiger partial charge < -0.3 is 19.7 Å². The number of likely N-dealkylation sites (tertiary alicyclic amines) is 1. The normalized spacial score (nSPS) is 27.7. The first kappa shape index (κ1) is 19.9. The van der Waals surface area contributed by atoms with Crippen molar-refractivity contribution in [2.45, 2.75) is 83.8 Å². The molecule has 0 aromatic rings. The Balaban J connectivity index is 1.43. The van der Waals surface area contributed by atoms with Crippen LogP contribution in [0.25, 0.3) is 0 Å². The molecule has 2 saturated heterocycles. The van der Waals surface area contributed by atoms with E-state index in [0.717, 1.165) is 64.6 Å². The number of rotatable bonds is 6. The lowest BCUT2D eigenvalue weighted by Gasteiger charge is -2.35. The molecule has 1 saturated carbocycles. The van der Waals surface area contributed by atoms with Gasteiger partial charge in [-0.05, 0) is 57.3 Å². The highest BCUT2D eigenvalue weighted by Gasteiger charge is 2.29. The molecule has 3 aliphatic rings. The van der Waals surface area contributed by atoms with Crippen molar-refractivity contribution in [3.63, 3.8) is 0 Å². The molecule has 0 aromatic heterocycles. The number of piperidine rings is 1. The Morgan fingerprint density at radius 3 is 2.58 bits per heavy atom. The fourth-order valence-electron chi connectivity index (χ4n) is 4.49. The zero-order chi connectivity index (χ0) is 18.2. The number of guanidine groups is 1. The molecule has 0 bridgehead atoms. The Bertz CT molecular complexity index is 435. The summed E-state index contributed by atoms with van der Waals surface area (Å²) < 4.78 is 11.9. The summed E-state index contributed by atoms with van der Waals surface area (Å²) in [7, 11) is 0. The number of nitrogens with zero attached hydrogens (tertiary/aromatic N) is 2. The summed E-state index contributed by atoms with van der Waals surface area (Å²) in [5.41, 5.74) is 0.419. The highest BCUT2D eigenvalue weighted by Crippen LogP contribution is 2.37. The van der Waals surface area contributed by atoms with Crippen LogP contribution >= 0.6 is 0 Å². The predicted molar refractivity (Wildman–Crippen MR) is 107 cm³/mol. The van der Waals surface area contributed by atoms with E-state index >= 15 is 0 Å². The van der Waals surface area contributed by atoms with E-state index in [1.807, 2.05) is 0 Å². The van der Waals surface area contributed by atoms with Gasteiger partial charge in [0.25, 0.3) is 0 Å². The smallest absolute Gasteiger partial charge is 0.193 e. The number of nitrogens with one attached hydrogen (secondary N) is 1. The first-order valence-corrected chi connectivity index (χ1v) is 10.9. The third-order valence-electron chi connectivity index (χ3n) is 6.29. The first-order valence-electron chi connectivity index (χ1n) is 10.9. The van der Waals surface area contributed by atoms with Crippen LogP contribution in [0, 0.1) is 5.41 Å². The van der Waals surface area contributed by atoms with E-state index in [4.69, 9.17) is 14.5 Å². The molecule has 0 spiro atoms. The standard InChI is InChI=1S/C21H39N3O2/c1-3-22-20(23-17-21(2)11-5-6-12-21)24-13-9-18(10-14-24)26-16-19-8-4-7-15-25-19/h18-19H,3-17H2,1-2H3,(H,22,23). The Labute approximate surface area is 159 Å². The van der Waals surface area contributed by atoms with Crippen molar-refractivity contribution >= 4 is 5.96 Å². The lowest BCUT2D eigenvalue weighted by atomic mass is 9.89. The van der Waals surface area contributed by atoms with Gasteiger partial charge in [0.2, 0.25) is 0 Å². The number of hydrogen-bond acceptors (Lipinski definition) is 3. The molecule has 3 fully saturated rings. The third-order valence-corrected chi connectivity index (χ3v) is 6.29. The average molecular weight is 366 g/mol. The summed E-state index contributed by atoms with van der Waals surface area (Å²) in [5, 5.41) is 3.51. The highest BCUT2D eigenvalue weighted by atomic mass is 16.5. The van der Waals surface area contributed by atoms with Gasteiger partial charge in [-0.25, -0.2) is 0 Å². The molecule has 0 amide bonds. The number of hydrogen-bond donors (Lipinski definition) is 1. The molecule has 150 valence electrons. The van der Waals surface area contributed by atoms with Gasteiger partial charge in [-0.2, -0.15) is 0 Å². The molecular formula is C21H39N3O2. The van der Waals surface area contributed by atoms with Crippen molar-refractivity contribution < 1.29 is 9.47 Å². The summed E-state index contributed by atoms with van der Waals surface area (Å²) in [6, 6.07) is 0. The van der Waals surface area contributed by atoms with Crippen LogP contribution in [0.1, 0.15) is 71.6 Å². The second-order valence-corrected chi connectivity index (χ2v) is 8.70. The number of aliphatic imine (C=N–C) groups is 1. The molecule has 26 heavy (non-hydrogen) atoms. The summed E-state index contributed by atoms with van der Waals surface area (Å²) >= 11 is 0. The van der Waals surface area contributed by atoms with Crippen molar-refractivity contribution in [2.75, 3.05) is 39.4 Å². The summed E-state index contributed by atoms with van der Waals surface area (Å²) in [5.74, 6) is 1.11. The highest BCUT2D eigenvalue weighted by molar-refractivity contribution is 5.80. The minimum absolute atomic E-state index is 0.327. The van der Waals surface area contributed by atoms with Crippen LogP contribution in [0.4, 0.5) is 0 Å². The van der Waals surface area contributed by atoms with Crippen molar-refractivity contribution in [1.29, 1.82) is 0 Å². The van der Waals surface area contributed by atoms with Gasteiger partial charge in [-0.1, -0.05) is 19.8 Å². The maximum Gasteiger partial charge on any atom is 0.193 e. The maximum atomic E-state index is 6.16. The van der Waals surface area contributed by atoms with Crippen molar-refractivity contribution in [3.8, 4) is 0 Å². The molecule has 2 heterocycles. The van der Waals surface area contributed by atoms with Gasteiger partial charge in [0.05, 0.1) is 18.8 Å².